The largest absolute Gasteiger partial charge is 0.477 e. The van der Waals surface area contributed by atoms with Gasteiger partial charge >= 0.3 is 11.9 Å². The summed E-state index contributed by atoms with van der Waals surface area (Å²) in [6.07, 6.45) is -2.17. The molecular weight excluding hydrogens is 200 g/mol. The summed E-state index contributed by atoms with van der Waals surface area (Å²) in [4.78, 5) is 11.1. The highest BCUT2D eigenvalue weighted by Crippen LogP contribution is 2.19. The molecule has 0 bridgehead atoms. The SMILES string of the molecule is O=C(O)C(F)(F)CN1C[C@@H](O)[C@@H](O)C1. The molecule has 0 unspecified atom stereocenters. The smallest absolute Gasteiger partial charge is 0.375 e. The first-order chi connectivity index (χ1) is 6.33. The highest BCUT2D eigenvalue weighted by atomic mass is 19.3. The second-order valence-electron chi connectivity index (χ2n) is 3.34. The van der Waals surface area contributed by atoms with Gasteiger partial charge in [0, 0.05) is 13.1 Å². The summed E-state index contributed by atoms with van der Waals surface area (Å²) in [5, 5.41) is 26.2. The fraction of sp³-hybridized carbons (Fsp3) is 0.857. The molecule has 3 N–H and O–H groups in total. The van der Waals surface area contributed by atoms with E-state index in [-0.39, 0.29) is 13.1 Å². The first-order valence-corrected chi connectivity index (χ1v) is 4.02. The number of hydrogen-bond acceptors (Lipinski definition) is 4. The number of aliphatic carboxylic acids is 1. The molecule has 1 saturated heterocycles. The van der Waals surface area contributed by atoms with Crippen molar-refractivity contribution in [1.82, 2.24) is 4.90 Å². The maximum atomic E-state index is 12.6. The zero-order valence-corrected chi connectivity index (χ0v) is 7.23. The molecule has 1 rings (SSSR count). The Hall–Kier alpha value is -0.790. The van der Waals surface area contributed by atoms with Crippen molar-refractivity contribution in [2.75, 3.05) is 19.6 Å². The van der Waals surface area contributed by atoms with E-state index in [0.717, 1.165) is 4.90 Å². The van der Waals surface area contributed by atoms with Crippen molar-refractivity contribution in [3.05, 3.63) is 0 Å². The number of halogens is 2. The number of carboxylic acids is 1. The Labute approximate surface area is 78.6 Å². The van der Waals surface area contributed by atoms with Crippen molar-refractivity contribution >= 4 is 5.97 Å². The third-order valence-corrected chi connectivity index (χ3v) is 2.07. The molecule has 1 heterocycles. The molecule has 0 aliphatic carbocycles. The van der Waals surface area contributed by atoms with Crippen LogP contribution in [0.2, 0.25) is 0 Å². The van der Waals surface area contributed by atoms with E-state index in [1.165, 1.54) is 0 Å². The van der Waals surface area contributed by atoms with E-state index in [4.69, 9.17) is 15.3 Å². The number of likely N-dealkylation sites (tertiary alicyclic amines) is 1. The number of carbonyl (C=O) groups is 1. The number of nitrogens with zero attached hydrogens (tertiary/aromatic N) is 1. The lowest BCUT2D eigenvalue weighted by Crippen LogP contribution is -2.41. The molecule has 2 atom stereocenters. The van der Waals surface area contributed by atoms with Crippen molar-refractivity contribution in [3.63, 3.8) is 0 Å². The zero-order chi connectivity index (χ0) is 10.9. The molecule has 1 aliphatic rings. The highest BCUT2D eigenvalue weighted by molar-refractivity contribution is 5.75. The van der Waals surface area contributed by atoms with Gasteiger partial charge in [0.25, 0.3) is 0 Å². The Morgan fingerprint density at radius 3 is 2.14 bits per heavy atom. The summed E-state index contributed by atoms with van der Waals surface area (Å²) in [6.45, 7) is -1.26. The Kier molecular flexibility index (Phi) is 3.03. The molecule has 7 heteroatoms. The third kappa shape index (κ3) is 2.37. The maximum absolute atomic E-state index is 12.6. The summed E-state index contributed by atoms with van der Waals surface area (Å²) in [6, 6.07) is 0. The second kappa shape index (κ2) is 3.76. The predicted octanol–water partition coefficient (Wildman–Crippen LogP) is -1.26. The molecule has 1 fully saturated rings. The molecule has 0 spiro atoms. The first kappa shape index (κ1) is 11.3. The Morgan fingerprint density at radius 1 is 1.36 bits per heavy atom. The summed E-state index contributed by atoms with van der Waals surface area (Å²) in [7, 11) is 0. The molecule has 0 aromatic heterocycles. The van der Waals surface area contributed by atoms with Gasteiger partial charge in [-0.05, 0) is 0 Å². The van der Waals surface area contributed by atoms with Crippen LogP contribution in [0.5, 0.6) is 0 Å². The van der Waals surface area contributed by atoms with Crippen LogP contribution >= 0.6 is 0 Å². The van der Waals surface area contributed by atoms with E-state index in [9.17, 15) is 13.6 Å². The Balaban J connectivity index is 2.50. The van der Waals surface area contributed by atoms with Crippen LogP contribution in [0.25, 0.3) is 0 Å². The van der Waals surface area contributed by atoms with Gasteiger partial charge in [0.15, 0.2) is 0 Å². The number of carboxylic acid groups (broad SMARTS) is 1. The summed E-state index contributed by atoms with van der Waals surface area (Å²) in [5.74, 6) is -6.04. The normalized spacial score (nSPS) is 29.4. The molecule has 5 nitrogen and oxygen atoms in total. The molecule has 0 saturated carbocycles. The molecule has 0 amide bonds. The fourth-order valence-corrected chi connectivity index (χ4v) is 1.32. The van der Waals surface area contributed by atoms with Crippen LogP contribution in [0.1, 0.15) is 0 Å². The van der Waals surface area contributed by atoms with Crippen molar-refractivity contribution in [3.8, 4) is 0 Å². The van der Waals surface area contributed by atoms with Gasteiger partial charge in [-0.15, -0.1) is 0 Å². The van der Waals surface area contributed by atoms with Gasteiger partial charge in [0.2, 0.25) is 0 Å². The molecule has 1 aliphatic heterocycles. The maximum Gasteiger partial charge on any atom is 0.375 e. The quantitative estimate of drug-likeness (QED) is 0.543. The summed E-state index contributed by atoms with van der Waals surface area (Å²) < 4.78 is 25.3. The number of aliphatic hydroxyl groups excluding tert-OH is 2. The summed E-state index contributed by atoms with van der Waals surface area (Å²) in [5.41, 5.74) is 0. The van der Waals surface area contributed by atoms with E-state index in [1.807, 2.05) is 0 Å². The lowest BCUT2D eigenvalue weighted by atomic mass is 10.3. The van der Waals surface area contributed by atoms with E-state index in [2.05, 4.69) is 0 Å². The minimum Gasteiger partial charge on any atom is -0.477 e. The number of hydrogen-bond donors (Lipinski definition) is 3. The Bertz CT molecular complexity index is 226. The van der Waals surface area contributed by atoms with Crippen LogP contribution in [0, 0.1) is 0 Å². The number of alkyl halides is 2. The van der Waals surface area contributed by atoms with Crippen LogP contribution in [0.3, 0.4) is 0 Å². The van der Waals surface area contributed by atoms with Gasteiger partial charge in [0.1, 0.15) is 0 Å². The van der Waals surface area contributed by atoms with Crippen LogP contribution in [-0.2, 0) is 4.79 Å². The highest BCUT2D eigenvalue weighted by Gasteiger charge is 2.43. The zero-order valence-electron chi connectivity index (χ0n) is 7.23. The topological polar surface area (TPSA) is 81.0 Å². The van der Waals surface area contributed by atoms with E-state index in [1.54, 1.807) is 0 Å². The average molecular weight is 211 g/mol. The van der Waals surface area contributed by atoms with Gasteiger partial charge in [0.05, 0.1) is 18.8 Å². The van der Waals surface area contributed by atoms with Gasteiger partial charge in [-0.2, -0.15) is 8.78 Å². The third-order valence-electron chi connectivity index (χ3n) is 2.07. The van der Waals surface area contributed by atoms with Gasteiger partial charge in [-0.25, -0.2) is 4.79 Å². The minimum absolute atomic E-state index is 0.135. The van der Waals surface area contributed by atoms with Gasteiger partial charge in [-0.1, -0.05) is 0 Å². The fourth-order valence-electron chi connectivity index (χ4n) is 1.32. The summed E-state index contributed by atoms with van der Waals surface area (Å²) >= 11 is 0. The molecular formula is C7H11F2NO4. The molecule has 82 valence electrons. The van der Waals surface area contributed by atoms with Crippen molar-refractivity contribution in [2.24, 2.45) is 0 Å². The lowest BCUT2D eigenvalue weighted by molar-refractivity contribution is -0.167. The van der Waals surface area contributed by atoms with Crippen LogP contribution in [0.4, 0.5) is 8.78 Å². The number of aliphatic hydroxyl groups is 2. The molecule has 0 radical (unpaired) electrons. The molecule has 0 aromatic carbocycles. The van der Waals surface area contributed by atoms with Crippen LogP contribution in [-0.4, -0.2) is 64.0 Å². The lowest BCUT2D eigenvalue weighted by Gasteiger charge is -2.19. The van der Waals surface area contributed by atoms with Crippen molar-refractivity contribution in [1.29, 1.82) is 0 Å². The number of β-amino-alcohol motifs (C(OH)–C–C–N with tert-alkyl or cyclic N) is 2. The molecule has 14 heavy (non-hydrogen) atoms. The van der Waals surface area contributed by atoms with E-state index >= 15 is 0 Å². The number of rotatable bonds is 3. The van der Waals surface area contributed by atoms with Crippen LogP contribution < -0.4 is 0 Å². The second-order valence-corrected chi connectivity index (χ2v) is 3.34. The van der Waals surface area contributed by atoms with Gasteiger partial charge < -0.3 is 15.3 Å². The van der Waals surface area contributed by atoms with E-state index in [0.29, 0.717) is 0 Å². The van der Waals surface area contributed by atoms with Crippen molar-refractivity contribution in [2.45, 2.75) is 18.1 Å². The first-order valence-electron chi connectivity index (χ1n) is 4.02. The van der Waals surface area contributed by atoms with Gasteiger partial charge in [-0.3, -0.25) is 4.90 Å². The average Bonchev–Trinajstić information content (AvgIpc) is 2.29. The monoisotopic (exact) mass is 211 g/mol. The standard InChI is InChI=1S/C7H11F2NO4/c8-7(9,6(13)14)3-10-1-4(11)5(12)2-10/h4-5,11-12H,1-3H2,(H,13,14)/t4-,5+. The van der Waals surface area contributed by atoms with E-state index < -0.39 is 30.6 Å². The van der Waals surface area contributed by atoms with Crippen molar-refractivity contribution < 1.29 is 28.9 Å². The molecule has 0 aromatic rings. The minimum atomic E-state index is -3.84. The Morgan fingerprint density at radius 2 is 1.79 bits per heavy atom. The predicted molar refractivity (Wildman–Crippen MR) is 41.0 cm³/mol. The van der Waals surface area contributed by atoms with Crippen LogP contribution in [0.15, 0.2) is 0 Å².